The Hall–Kier alpha value is -3.14. The Labute approximate surface area is 251 Å². The van der Waals surface area contributed by atoms with Gasteiger partial charge in [0.2, 0.25) is 0 Å². The third-order valence-electron chi connectivity index (χ3n) is 7.44. The second-order valence-electron chi connectivity index (χ2n) is 9.25. The summed E-state index contributed by atoms with van der Waals surface area (Å²) in [6, 6.07) is 15.6. The molecule has 0 atom stereocenters. The van der Waals surface area contributed by atoms with E-state index in [1.807, 2.05) is 18.2 Å². The summed E-state index contributed by atoms with van der Waals surface area (Å²) in [6.45, 7) is 11.0. The largest absolute Gasteiger partial charge is 0.504 e. The van der Waals surface area contributed by atoms with Gasteiger partial charge in [0.25, 0.3) is 0 Å². The van der Waals surface area contributed by atoms with Gasteiger partial charge in [-0.25, -0.2) is 0 Å². The zero-order valence-corrected chi connectivity index (χ0v) is 27.2. The van der Waals surface area contributed by atoms with Crippen molar-refractivity contribution in [1.29, 1.82) is 0 Å². The van der Waals surface area contributed by atoms with Crippen LogP contribution in [0, 0.1) is 34.6 Å². The molecule has 6 nitrogen and oxygen atoms in total. The Morgan fingerprint density at radius 2 is 0.850 bits per heavy atom. The summed E-state index contributed by atoms with van der Waals surface area (Å²) in [6.07, 6.45) is 0. The summed E-state index contributed by atoms with van der Waals surface area (Å²) < 4.78 is 22.4. The number of aromatic hydroxyl groups is 2. The van der Waals surface area contributed by atoms with Crippen LogP contribution in [0.25, 0.3) is 0 Å². The van der Waals surface area contributed by atoms with Gasteiger partial charge in [0, 0.05) is 19.5 Å². The molecular formula is C32H39O6PRh. The van der Waals surface area contributed by atoms with Gasteiger partial charge in [0.05, 0.1) is 28.4 Å². The van der Waals surface area contributed by atoms with Gasteiger partial charge in [-0.1, -0.05) is 52.8 Å². The van der Waals surface area contributed by atoms with E-state index in [4.69, 9.17) is 18.9 Å². The van der Waals surface area contributed by atoms with Crippen LogP contribution in [0.1, 0.15) is 27.8 Å². The molecule has 4 aromatic rings. The van der Waals surface area contributed by atoms with Gasteiger partial charge >= 0.3 is 0 Å². The van der Waals surface area contributed by atoms with Gasteiger partial charge in [-0.15, -0.1) is 0 Å². The van der Waals surface area contributed by atoms with E-state index >= 15 is 0 Å². The normalized spacial score (nSPS) is 10.3. The van der Waals surface area contributed by atoms with E-state index in [-0.39, 0.29) is 31.0 Å². The first-order chi connectivity index (χ1) is 18.6. The van der Waals surface area contributed by atoms with Crippen LogP contribution in [0.2, 0.25) is 0 Å². The SMILES string of the molecule is COc1cccc(O)c1[PH+](c1c(O)cccc1OC)c1c(OC)cccc1OC.Cc1c(C)c(C)[c-](C)c1C.[Rh]. The van der Waals surface area contributed by atoms with Crippen LogP contribution < -0.4 is 34.9 Å². The summed E-state index contributed by atoms with van der Waals surface area (Å²) in [5, 5.41) is 23.5. The molecule has 4 rings (SSSR count). The molecular weight excluding hydrogens is 614 g/mol. The number of phenolic OH excluding ortho intramolecular Hbond substituents is 2. The van der Waals surface area contributed by atoms with Crippen LogP contribution in [0.4, 0.5) is 0 Å². The van der Waals surface area contributed by atoms with Gasteiger partial charge in [-0.3, -0.25) is 0 Å². The third kappa shape index (κ3) is 6.43. The van der Waals surface area contributed by atoms with Crippen LogP contribution in [-0.2, 0) is 19.5 Å². The van der Waals surface area contributed by atoms with Crippen molar-refractivity contribution in [3.8, 4) is 34.5 Å². The Balaban J connectivity index is 0.000000431. The fraction of sp³-hybridized carbons (Fsp3) is 0.281. The smallest absolute Gasteiger partial charge is 0.185 e. The molecule has 0 aromatic heterocycles. The molecule has 2 N–H and O–H groups in total. The number of benzene rings is 3. The molecule has 0 fully saturated rings. The molecule has 217 valence electrons. The molecule has 0 bridgehead atoms. The molecule has 0 spiro atoms. The summed E-state index contributed by atoms with van der Waals surface area (Å²) in [5.41, 5.74) is 7.34. The zero-order valence-electron chi connectivity index (χ0n) is 24.6. The van der Waals surface area contributed by atoms with E-state index in [1.165, 1.54) is 27.8 Å². The van der Waals surface area contributed by atoms with E-state index in [1.54, 1.807) is 64.8 Å². The number of ether oxygens (including phenoxy) is 4. The van der Waals surface area contributed by atoms with Crippen LogP contribution in [-0.4, -0.2) is 38.7 Å². The molecule has 0 saturated carbocycles. The zero-order chi connectivity index (χ0) is 28.9. The predicted molar refractivity (Wildman–Crippen MR) is 162 cm³/mol. The van der Waals surface area contributed by atoms with Gasteiger partial charge < -0.3 is 29.2 Å². The second kappa shape index (κ2) is 14.5. The summed E-state index contributed by atoms with van der Waals surface area (Å²) in [4.78, 5) is 0. The molecule has 0 aliphatic rings. The van der Waals surface area contributed by atoms with Crippen molar-refractivity contribution < 1.29 is 48.6 Å². The minimum Gasteiger partial charge on any atom is -0.504 e. The van der Waals surface area contributed by atoms with Crippen LogP contribution in [0.5, 0.6) is 34.5 Å². The van der Waals surface area contributed by atoms with E-state index in [0.717, 1.165) is 5.30 Å². The van der Waals surface area contributed by atoms with Crippen LogP contribution in [0.3, 0.4) is 0 Å². The minimum atomic E-state index is -2.10. The Morgan fingerprint density at radius 1 is 0.550 bits per heavy atom. The average Bonchev–Trinajstić information content (AvgIpc) is 3.12. The standard InChI is InChI=1S/C22H23O6P.C10H15.Rh/c1-25-16-10-5-8-14(23)20(16)29(21-15(24)9-6-11-17(21)26-2)22-18(27-3)12-7-13-19(22)28-4;1-6-7(2)9(4)10(5)8(6)3;/h5-13,23-24H,1-4H3;1-5H3;/q;-1;/p+1. The van der Waals surface area contributed by atoms with Crippen molar-refractivity contribution in [3.63, 3.8) is 0 Å². The Kier molecular flexibility index (Phi) is 12.0. The number of phenols is 2. The molecule has 0 saturated heterocycles. The van der Waals surface area contributed by atoms with E-state index in [9.17, 15) is 10.2 Å². The number of rotatable bonds is 7. The van der Waals surface area contributed by atoms with E-state index in [0.29, 0.717) is 33.6 Å². The summed E-state index contributed by atoms with van der Waals surface area (Å²) in [5.74, 6) is 2.25. The molecule has 8 heteroatoms. The molecule has 0 aliphatic heterocycles. The van der Waals surface area contributed by atoms with Crippen LogP contribution in [0.15, 0.2) is 54.6 Å². The van der Waals surface area contributed by atoms with Crippen molar-refractivity contribution in [3.05, 3.63) is 82.4 Å². The average molecular weight is 654 g/mol. The van der Waals surface area contributed by atoms with Gasteiger partial charge in [0.15, 0.2) is 50.4 Å². The van der Waals surface area contributed by atoms with E-state index in [2.05, 4.69) is 34.6 Å². The minimum absolute atomic E-state index is 0. The van der Waals surface area contributed by atoms with Gasteiger partial charge in [0.1, 0.15) is 7.92 Å². The monoisotopic (exact) mass is 653 g/mol. The first kappa shape index (κ1) is 33.1. The second-order valence-corrected chi connectivity index (χ2v) is 11.5. The molecule has 4 aromatic carbocycles. The maximum absolute atomic E-state index is 10.8. The van der Waals surface area contributed by atoms with Crippen molar-refractivity contribution >= 4 is 23.8 Å². The first-order valence-electron chi connectivity index (χ1n) is 12.6. The third-order valence-corrected chi connectivity index (χ3v) is 10.4. The number of hydrogen-bond donors (Lipinski definition) is 2. The molecule has 0 heterocycles. The molecule has 0 aliphatic carbocycles. The maximum Gasteiger partial charge on any atom is 0.185 e. The fourth-order valence-corrected chi connectivity index (χ4v) is 7.92. The summed E-state index contributed by atoms with van der Waals surface area (Å²) >= 11 is 0. The van der Waals surface area contributed by atoms with Gasteiger partial charge in [-0.2, -0.15) is 27.8 Å². The molecule has 0 amide bonds. The van der Waals surface area contributed by atoms with Crippen molar-refractivity contribution in [2.45, 2.75) is 34.6 Å². The fourth-order valence-electron chi connectivity index (χ4n) is 4.76. The Morgan fingerprint density at radius 3 is 1.12 bits per heavy atom. The van der Waals surface area contributed by atoms with Crippen molar-refractivity contribution in [2.75, 3.05) is 28.4 Å². The Bertz CT molecular complexity index is 1290. The predicted octanol–water partition coefficient (Wildman–Crippen LogP) is 5.57. The van der Waals surface area contributed by atoms with E-state index < -0.39 is 7.92 Å². The molecule has 0 unspecified atom stereocenters. The first-order valence-corrected chi connectivity index (χ1v) is 14.1. The number of methoxy groups -OCH3 is 4. The topological polar surface area (TPSA) is 77.4 Å². The van der Waals surface area contributed by atoms with Crippen molar-refractivity contribution in [1.82, 2.24) is 0 Å². The van der Waals surface area contributed by atoms with Crippen molar-refractivity contribution in [2.24, 2.45) is 0 Å². The summed E-state index contributed by atoms with van der Waals surface area (Å²) in [7, 11) is 4.12. The maximum atomic E-state index is 10.8. The number of hydrogen-bond acceptors (Lipinski definition) is 6. The van der Waals surface area contributed by atoms with Gasteiger partial charge in [-0.05, 0) is 36.4 Å². The van der Waals surface area contributed by atoms with Crippen LogP contribution >= 0.6 is 7.92 Å². The molecule has 40 heavy (non-hydrogen) atoms. The quantitative estimate of drug-likeness (QED) is 0.155. The molecule has 1 radical (unpaired) electrons.